The van der Waals surface area contributed by atoms with Crippen molar-refractivity contribution in [3.8, 4) is 5.75 Å². The second kappa shape index (κ2) is 8.35. The zero-order chi connectivity index (χ0) is 21.1. The van der Waals surface area contributed by atoms with Gasteiger partial charge in [-0.25, -0.2) is 13.6 Å². The van der Waals surface area contributed by atoms with Crippen LogP contribution in [0.15, 0.2) is 30.3 Å². The van der Waals surface area contributed by atoms with E-state index in [-0.39, 0.29) is 17.7 Å². The van der Waals surface area contributed by atoms with E-state index in [2.05, 4.69) is 5.32 Å². The standard InChI is InChI=1S/C20H21F2NO5/c1-11-6-13(7-12(2)18(11)28-9-17(24)25)19(26)23-10-20(3,27)15-5-4-14(21)8-16(15)22/h4-8,27H,9-10H2,1-3H3,(H,23,26)(H,24,25). The van der Waals surface area contributed by atoms with E-state index in [9.17, 15) is 23.5 Å². The molecule has 6 nitrogen and oxygen atoms in total. The predicted molar refractivity (Wildman–Crippen MR) is 97.3 cm³/mol. The van der Waals surface area contributed by atoms with Gasteiger partial charge in [-0.2, -0.15) is 0 Å². The van der Waals surface area contributed by atoms with Crippen molar-refractivity contribution in [2.24, 2.45) is 0 Å². The monoisotopic (exact) mass is 393 g/mol. The summed E-state index contributed by atoms with van der Waals surface area (Å²) in [7, 11) is 0. The number of aryl methyl sites for hydroxylation is 2. The summed E-state index contributed by atoms with van der Waals surface area (Å²) in [5.41, 5.74) is -0.472. The van der Waals surface area contributed by atoms with Gasteiger partial charge in [0, 0.05) is 17.2 Å². The summed E-state index contributed by atoms with van der Waals surface area (Å²) >= 11 is 0. The molecule has 2 aromatic rings. The molecule has 0 aromatic heterocycles. The Kier molecular flexibility index (Phi) is 6.35. The first-order chi connectivity index (χ1) is 13.0. The Hall–Kier alpha value is -3.00. The molecular formula is C20H21F2NO5. The van der Waals surface area contributed by atoms with Crippen LogP contribution >= 0.6 is 0 Å². The lowest BCUT2D eigenvalue weighted by Crippen LogP contribution is -2.39. The fourth-order valence-corrected chi connectivity index (χ4v) is 2.82. The number of nitrogens with one attached hydrogen (secondary N) is 1. The van der Waals surface area contributed by atoms with Crippen LogP contribution in [0.4, 0.5) is 8.78 Å². The van der Waals surface area contributed by atoms with Gasteiger partial charge < -0.3 is 20.3 Å². The highest BCUT2D eigenvalue weighted by atomic mass is 19.1. The quantitative estimate of drug-likeness (QED) is 0.672. The highest BCUT2D eigenvalue weighted by Crippen LogP contribution is 2.26. The minimum absolute atomic E-state index is 0.140. The van der Waals surface area contributed by atoms with E-state index in [0.717, 1.165) is 12.1 Å². The molecule has 0 radical (unpaired) electrons. The fourth-order valence-electron chi connectivity index (χ4n) is 2.82. The molecule has 1 unspecified atom stereocenters. The predicted octanol–water partition coefficient (Wildman–Crippen LogP) is 2.68. The average Bonchev–Trinajstić information content (AvgIpc) is 2.58. The minimum Gasteiger partial charge on any atom is -0.481 e. The van der Waals surface area contributed by atoms with Crippen LogP contribution in [0.2, 0.25) is 0 Å². The van der Waals surface area contributed by atoms with E-state index in [4.69, 9.17) is 9.84 Å². The summed E-state index contributed by atoms with van der Waals surface area (Å²) in [6.45, 7) is 3.85. The van der Waals surface area contributed by atoms with E-state index in [0.29, 0.717) is 22.9 Å². The number of carboxylic acid groups (broad SMARTS) is 1. The van der Waals surface area contributed by atoms with Crippen LogP contribution in [0.25, 0.3) is 0 Å². The maximum Gasteiger partial charge on any atom is 0.341 e. The van der Waals surface area contributed by atoms with E-state index in [1.807, 2.05) is 0 Å². The van der Waals surface area contributed by atoms with Crippen LogP contribution < -0.4 is 10.1 Å². The molecular weight excluding hydrogens is 372 g/mol. The summed E-state index contributed by atoms with van der Waals surface area (Å²) in [6, 6.07) is 5.85. The number of hydrogen-bond acceptors (Lipinski definition) is 4. The van der Waals surface area contributed by atoms with Crippen LogP contribution in [0.3, 0.4) is 0 Å². The maximum atomic E-state index is 13.9. The number of ether oxygens (including phenoxy) is 1. The first-order valence-electron chi connectivity index (χ1n) is 8.43. The van der Waals surface area contributed by atoms with Crippen LogP contribution in [-0.4, -0.2) is 35.2 Å². The molecule has 2 rings (SSSR count). The van der Waals surface area contributed by atoms with Gasteiger partial charge in [-0.15, -0.1) is 0 Å². The molecule has 150 valence electrons. The number of halogens is 2. The van der Waals surface area contributed by atoms with Gasteiger partial charge in [0.15, 0.2) is 6.61 Å². The highest BCUT2D eigenvalue weighted by molar-refractivity contribution is 5.95. The van der Waals surface area contributed by atoms with Gasteiger partial charge in [0.1, 0.15) is 23.0 Å². The molecule has 0 bridgehead atoms. The zero-order valence-corrected chi connectivity index (χ0v) is 15.7. The molecule has 0 aliphatic heterocycles. The topological polar surface area (TPSA) is 95.9 Å². The number of carboxylic acids is 1. The SMILES string of the molecule is Cc1cc(C(=O)NCC(C)(O)c2ccc(F)cc2F)cc(C)c1OCC(=O)O. The van der Waals surface area contributed by atoms with Gasteiger partial charge in [0.25, 0.3) is 5.91 Å². The lowest BCUT2D eigenvalue weighted by molar-refractivity contribution is -0.139. The smallest absolute Gasteiger partial charge is 0.341 e. The van der Waals surface area contributed by atoms with E-state index in [1.165, 1.54) is 19.1 Å². The fraction of sp³-hybridized carbons (Fsp3) is 0.300. The Labute approximate surface area is 160 Å². The lowest BCUT2D eigenvalue weighted by Gasteiger charge is -2.25. The number of aliphatic carboxylic acids is 1. The molecule has 0 saturated carbocycles. The largest absolute Gasteiger partial charge is 0.481 e. The van der Waals surface area contributed by atoms with Crippen molar-refractivity contribution < 1.29 is 33.3 Å². The number of hydrogen-bond donors (Lipinski definition) is 3. The van der Waals surface area contributed by atoms with E-state index >= 15 is 0 Å². The molecule has 0 saturated heterocycles. The molecule has 0 fully saturated rings. The zero-order valence-electron chi connectivity index (χ0n) is 15.7. The van der Waals surface area contributed by atoms with E-state index < -0.39 is 35.7 Å². The van der Waals surface area contributed by atoms with Gasteiger partial charge in [0.2, 0.25) is 0 Å². The molecule has 1 amide bonds. The number of aliphatic hydroxyl groups is 1. The summed E-state index contributed by atoms with van der Waals surface area (Å²) in [5, 5.41) is 21.7. The van der Waals surface area contributed by atoms with Crippen molar-refractivity contribution >= 4 is 11.9 Å². The van der Waals surface area contributed by atoms with Crippen molar-refractivity contribution in [3.63, 3.8) is 0 Å². The Morgan fingerprint density at radius 2 is 1.75 bits per heavy atom. The van der Waals surface area contributed by atoms with Crippen LogP contribution in [0, 0.1) is 25.5 Å². The first-order valence-corrected chi connectivity index (χ1v) is 8.43. The van der Waals surface area contributed by atoms with Crippen molar-refractivity contribution in [2.45, 2.75) is 26.4 Å². The minimum atomic E-state index is -1.75. The third kappa shape index (κ3) is 5.04. The summed E-state index contributed by atoms with van der Waals surface area (Å²) < 4.78 is 32.2. The van der Waals surface area contributed by atoms with Crippen molar-refractivity contribution in [3.05, 3.63) is 64.2 Å². The average molecular weight is 393 g/mol. The third-order valence-corrected chi connectivity index (χ3v) is 4.17. The highest BCUT2D eigenvalue weighted by Gasteiger charge is 2.28. The number of benzene rings is 2. The van der Waals surface area contributed by atoms with E-state index in [1.54, 1.807) is 13.8 Å². The number of rotatable bonds is 7. The molecule has 1 atom stereocenters. The molecule has 0 aliphatic rings. The molecule has 8 heteroatoms. The second-order valence-corrected chi connectivity index (χ2v) is 6.70. The van der Waals surface area contributed by atoms with Crippen LogP contribution in [0.5, 0.6) is 5.75 Å². The molecule has 3 N–H and O–H groups in total. The van der Waals surface area contributed by atoms with Gasteiger partial charge in [-0.05, 0) is 50.1 Å². The summed E-state index contributed by atoms with van der Waals surface area (Å²) in [6.07, 6.45) is 0. The molecule has 0 spiro atoms. The Bertz CT molecular complexity index is 888. The Balaban J connectivity index is 2.13. The first kappa shape index (κ1) is 21.3. The van der Waals surface area contributed by atoms with Gasteiger partial charge in [0.05, 0.1) is 6.54 Å². The lowest BCUT2D eigenvalue weighted by atomic mass is 9.95. The van der Waals surface area contributed by atoms with Crippen LogP contribution in [0.1, 0.15) is 34.0 Å². The maximum absolute atomic E-state index is 13.9. The molecule has 0 aliphatic carbocycles. The number of carbonyl (C=O) groups is 2. The van der Waals surface area contributed by atoms with Gasteiger partial charge in [-0.3, -0.25) is 4.79 Å². The normalized spacial score (nSPS) is 12.9. The molecule has 2 aromatic carbocycles. The third-order valence-electron chi connectivity index (χ3n) is 4.17. The summed E-state index contributed by atoms with van der Waals surface area (Å²) in [5.74, 6) is -2.93. The number of carbonyl (C=O) groups excluding carboxylic acids is 1. The molecule has 28 heavy (non-hydrogen) atoms. The van der Waals surface area contributed by atoms with Crippen molar-refractivity contribution in [1.82, 2.24) is 5.32 Å². The molecule has 0 heterocycles. The Morgan fingerprint density at radius 1 is 1.14 bits per heavy atom. The second-order valence-electron chi connectivity index (χ2n) is 6.70. The van der Waals surface area contributed by atoms with Gasteiger partial charge in [-0.1, -0.05) is 6.07 Å². The van der Waals surface area contributed by atoms with Gasteiger partial charge >= 0.3 is 5.97 Å². The number of amides is 1. The van der Waals surface area contributed by atoms with Crippen molar-refractivity contribution in [2.75, 3.05) is 13.2 Å². The van der Waals surface area contributed by atoms with Crippen LogP contribution in [-0.2, 0) is 10.4 Å². The van der Waals surface area contributed by atoms with Crippen molar-refractivity contribution in [1.29, 1.82) is 0 Å². The summed E-state index contributed by atoms with van der Waals surface area (Å²) in [4.78, 5) is 23.1. The Morgan fingerprint density at radius 3 is 2.29 bits per heavy atom.